The van der Waals surface area contributed by atoms with Gasteiger partial charge in [0, 0.05) is 13.0 Å². The number of benzene rings is 2. The average molecular weight is 296 g/mol. The molecule has 2 amide bonds. The van der Waals surface area contributed by atoms with Gasteiger partial charge >= 0.3 is 0 Å². The lowest BCUT2D eigenvalue weighted by molar-refractivity contribution is -0.130. The molecule has 2 aromatic carbocycles. The van der Waals surface area contributed by atoms with Crippen LogP contribution in [0.3, 0.4) is 0 Å². The SMILES string of the molecule is CC1(NC(=O)CCc2cccc3ccccc23)CCNC1=O. The van der Waals surface area contributed by atoms with Gasteiger partial charge in [0.2, 0.25) is 11.8 Å². The lowest BCUT2D eigenvalue weighted by Crippen LogP contribution is -2.51. The van der Waals surface area contributed by atoms with E-state index in [1.165, 1.54) is 10.8 Å². The van der Waals surface area contributed by atoms with Crippen LogP contribution in [0.2, 0.25) is 0 Å². The van der Waals surface area contributed by atoms with Crippen molar-refractivity contribution in [3.8, 4) is 0 Å². The molecule has 0 saturated carbocycles. The number of hydrogen-bond donors (Lipinski definition) is 2. The molecule has 1 aliphatic rings. The van der Waals surface area contributed by atoms with Gasteiger partial charge in [0.15, 0.2) is 0 Å². The van der Waals surface area contributed by atoms with Crippen LogP contribution in [0.1, 0.15) is 25.3 Å². The van der Waals surface area contributed by atoms with E-state index in [9.17, 15) is 9.59 Å². The maximum atomic E-state index is 12.2. The second kappa shape index (κ2) is 5.79. The molecule has 1 unspecified atom stereocenters. The second-order valence-electron chi connectivity index (χ2n) is 6.02. The monoisotopic (exact) mass is 296 g/mol. The number of amides is 2. The predicted molar refractivity (Wildman–Crippen MR) is 86.4 cm³/mol. The number of rotatable bonds is 4. The lowest BCUT2D eigenvalue weighted by atomic mass is 9.98. The van der Waals surface area contributed by atoms with Crippen molar-refractivity contribution < 1.29 is 9.59 Å². The van der Waals surface area contributed by atoms with Crippen LogP contribution in [-0.4, -0.2) is 23.9 Å². The first-order valence-electron chi connectivity index (χ1n) is 7.64. The lowest BCUT2D eigenvalue weighted by Gasteiger charge is -2.22. The van der Waals surface area contributed by atoms with Gasteiger partial charge in [-0.3, -0.25) is 9.59 Å². The van der Waals surface area contributed by atoms with Crippen molar-refractivity contribution in [2.45, 2.75) is 31.7 Å². The van der Waals surface area contributed by atoms with Gasteiger partial charge in [-0.25, -0.2) is 0 Å². The third-order valence-electron chi connectivity index (χ3n) is 4.33. The Hall–Kier alpha value is -2.36. The van der Waals surface area contributed by atoms with E-state index in [1.54, 1.807) is 6.92 Å². The van der Waals surface area contributed by atoms with Crippen LogP contribution in [0.25, 0.3) is 10.8 Å². The zero-order valence-corrected chi connectivity index (χ0v) is 12.7. The maximum absolute atomic E-state index is 12.2. The molecule has 1 atom stereocenters. The zero-order valence-electron chi connectivity index (χ0n) is 12.7. The van der Waals surface area contributed by atoms with Crippen molar-refractivity contribution in [2.24, 2.45) is 0 Å². The average Bonchev–Trinajstić information content (AvgIpc) is 2.84. The molecule has 2 N–H and O–H groups in total. The Kier molecular flexibility index (Phi) is 3.84. The molecule has 0 spiro atoms. The summed E-state index contributed by atoms with van der Waals surface area (Å²) >= 11 is 0. The van der Waals surface area contributed by atoms with Crippen LogP contribution < -0.4 is 10.6 Å². The number of fused-ring (bicyclic) bond motifs is 1. The van der Waals surface area contributed by atoms with Crippen LogP contribution in [0.15, 0.2) is 42.5 Å². The summed E-state index contributed by atoms with van der Waals surface area (Å²) in [5.74, 6) is -0.168. The van der Waals surface area contributed by atoms with Crippen LogP contribution in [-0.2, 0) is 16.0 Å². The molecule has 1 saturated heterocycles. The molecule has 0 radical (unpaired) electrons. The summed E-state index contributed by atoms with van der Waals surface area (Å²) in [6.45, 7) is 2.41. The Morgan fingerprint density at radius 3 is 2.77 bits per heavy atom. The largest absolute Gasteiger partial charge is 0.354 e. The second-order valence-corrected chi connectivity index (χ2v) is 6.02. The molecular formula is C18H20N2O2. The number of hydrogen-bond acceptors (Lipinski definition) is 2. The van der Waals surface area contributed by atoms with Crippen LogP contribution >= 0.6 is 0 Å². The topological polar surface area (TPSA) is 58.2 Å². The van der Waals surface area contributed by atoms with E-state index in [1.807, 2.05) is 18.2 Å². The van der Waals surface area contributed by atoms with Crippen LogP contribution in [0, 0.1) is 0 Å². The molecule has 0 bridgehead atoms. The third kappa shape index (κ3) is 2.82. The Bertz CT molecular complexity index is 721. The molecule has 22 heavy (non-hydrogen) atoms. The normalized spacial score (nSPS) is 20.9. The quantitative estimate of drug-likeness (QED) is 0.908. The van der Waals surface area contributed by atoms with Crippen LogP contribution in [0.4, 0.5) is 0 Å². The number of carbonyl (C=O) groups is 2. The van der Waals surface area contributed by atoms with E-state index < -0.39 is 5.54 Å². The van der Waals surface area contributed by atoms with E-state index in [-0.39, 0.29) is 11.8 Å². The maximum Gasteiger partial charge on any atom is 0.245 e. The molecule has 0 aliphatic carbocycles. The summed E-state index contributed by atoms with van der Waals surface area (Å²) in [4.78, 5) is 23.9. The molecular weight excluding hydrogens is 276 g/mol. The fraction of sp³-hybridized carbons (Fsp3) is 0.333. The fourth-order valence-corrected chi connectivity index (χ4v) is 2.98. The predicted octanol–water partition coefficient (Wildman–Crippen LogP) is 2.17. The van der Waals surface area contributed by atoms with Gasteiger partial charge in [0.25, 0.3) is 0 Å². The molecule has 4 nitrogen and oxygen atoms in total. The van der Waals surface area contributed by atoms with Crippen molar-refractivity contribution in [1.29, 1.82) is 0 Å². The van der Waals surface area contributed by atoms with E-state index >= 15 is 0 Å². The van der Waals surface area contributed by atoms with E-state index in [4.69, 9.17) is 0 Å². The van der Waals surface area contributed by atoms with Gasteiger partial charge in [-0.1, -0.05) is 42.5 Å². The van der Waals surface area contributed by atoms with Gasteiger partial charge in [-0.15, -0.1) is 0 Å². The Morgan fingerprint density at radius 1 is 1.23 bits per heavy atom. The van der Waals surface area contributed by atoms with Crippen molar-refractivity contribution >= 4 is 22.6 Å². The highest BCUT2D eigenvalue weighted by atomic mass is 16.2. The summed E-state index contributed by atoms with van der Waals surface area (Å²) in [7, 11) is 0. The minimum atomic E-state index is -0.754. The standard InChI is InChI=1S/C18H20N2O2/c1-18(11-12-19-17(18)22)20-16(21)10-9-14-7-4-6-13-5-2-3-8-15(13)14/h2-8H,9-12H2,1H3,(H,19,22)(H,20,21). The van der Waals surface area contributed by atoms with E-state index in [0.717, 1.165) is 5.56 Å². The zero-order chi connectivity index (χ0) is 15.6. The molecule has 1 aliphatic heterocycles. The van der Waals surface area contributed by atoms with Crippen molar-refractivity contribution in [1.82, 2.24) is 10.6 Å². The van der Waals surface area contributed by atoms with E-state index in [0.29, 0.717) is 25.8 Å². The summed E-state index contributed by atoms with van der Waals surface area (Å²) in [5.41, 5.74) is 0.407. The highest BCUT2D eigenvalue weighted by Gasteiger charge is 2.38. The Balaban J connectivity index is 1.67. The number of nitrogens with one attached hydrogen (secondary N) is 2. The molecule has 1 fully saturated rings. The summed E-state index contributed by atoms with van der Waals surface area (Å²) < 4.78 is 0. The molecule has 114 valence electrons. The fourth-order valence-electron chi connectivity index (χ4n) is 2.98. The smallest absolute Gasteiger partial charge is 0.245 e. The van der Waals surface area contributed by atoms with Gasteiger partial charge in [0.1, 0.15) is 5.54 Å². The summed E-state index contributed by atoms with van der Waals surface area (Å²) in [5, 5.41) is 8.00. The molecule has 2 aromatic rings. The van der Waals surface area contributed by atoms with Gasteiger partial charge in [0.05, 0.1) is 0 Å². The number of carbonyl (C=O) groups excluding carboxylic acids is 2. The van der Waals surface area contributed by atoms with Crippen molar-refractivity contribution in [3.05, 3.63) is 48.0 Å². The minimum absolute atomic E-state index is 0.0764. The molecule has 3 rings (SSSR count). The minimum Gasteiger partial charge on any atom is -0.354 e. The van der Waals surface area contributed by atoms with Crippen molar-refractivity contribution in [2.75, 3.05) is 6.54 Å². The van der Waals surface area contributed by atoms with Crippen LogP contribution in [0.5, 0.6) is 0 Å². The van der Waals surface area contributed by atoms with Gasteiger partial charge < -0.3 is 10.6 Å². The molecule has 1 heterocycles. The summed E-state index contributed by atoms with van der Waals surface area (Å²) in [6, 6.07) is 14.3. The third-order valence-corrected chi connectivity index (χ3v) is 4.33. The Labute approximate surface area is 129 Å². The number of aryl methyl sites for hydroxylation is 1. The molecule has 0 aromatic heterocycles. The highest BCUT2D eigenvalue weighted by molar-refractivity contribution is 5.93. The Morgan fingerprint density at radius 2 is 2.00 bits per heavy atom. The first kappa shape index (κ1) is 14.6. The van der Waals surface area contributed by atoms with Gasteiger partial charge in [-0.2, -0.15) is 0 Å². The first-order chi connectivity index (χ1) is 10.6. The highest BCUT2D eigenvalue weighted by Crippen LogP contribution is 2.20. The van der Waals surface area contributed by atoms with Gasteiger partial charge in [-0.05, 0) is 36.1 Å². The molecule has 4 heteroatoms. The first-order valence-corrected chi connectivity index (χ1v) is 7.64. The van der Waals surface area contributed by atoms with Crippen molar-refractivity contribution in [3.63, 3.8) is 0 Å². The summed E-state index contributed by atoms with van der Waals surface area (Å²) in [6.07, 6.45) is 1.70. The van der Waals surface area contributed by atoms with E-state index in [2.05, 4.69) is 34.9 Å².